The van der Waals surface area contributed by atoms with E-state index in [2.05, 4.69) is 0 Å². The summed E-state index contributed by atoms with van der Waals surface area (Å²) in [5.74, 6) is 0.457. The van der Waals surface area contributed by atoms with Crippen molar-refractivity contribution in [3.63, 3.8) is 0 Å². The van der Waals surface area contributed by atoms with Gasteiger partial charge < -0.3 is 19.6 Å². The van der Waals surface area contributed by atoms with Crippen LogP contribution in [0.3, 0.4) is 0 Å². The number of unbranched alkanes of at least 4 members (excludes halogenated alkanes) is 1. The predicted octanol–water partition coefficient (Wildman–Crippen LogP) is 5.60. The third-order valence-electron chi connectivity index (χ3n) is 7.36. The molecule has 3 aromatic rings. The minimum atomic E-state index is -1.06. The van der Waals surface area contributed by atoms with Crippen LogP contribution in [0.4, 0.5) is 4.79 Å². The molecule has 2 fully saturated rings. The van der Waals surface area contributed by atoms with Crippen molar-refractivity contribution >= 4 is 23.8 Å². The monoisotopic (exact) mass is 530 g/mol. The molecule has 7 heteroatoms. The van der Waals surface area contributed by atoms with Gasteiger partial charge in [0.05, 0.1) is 12.1 Å². The SMILES string of the molecule is O=C(CCCCC1(O)SC[C@H]2[C@@H]1N(Cc1ccccc1)C(=O)N2Cc1ccccc1)OCc1ccccc1. The van der Waals surface area contributed by atoms with Crippen molar-refractivity contribution in [3.05, 3.63) is 108 Å². The number of ether oxygens (including phenoxy) is 1. The van der Waals surface area contributed by atoms with E-state index in [9.17, 15) is 14.7 Å². The Morgan fingerprint density at radius 1 is 0.842 bits per heavy atom. The van der Waals surface area contributed by atoms with Crippen LogP contribution in [-0.2, 0) is 29.2 Å². The number of esters is 1. The van der Waals surface area contributed by atoms with Crippen LogP contribution in [0, 0.1) is 0 Å². The maximum atomic E-state index is 13.7. The number of hydrogen-bond donors (Lipinski definition) is 1. The van der Waals surface area contributed by atoms with Gasteiger partial charge in [-0.05, 0) is 36.0 Å². The normalized spacial score (nSPS) is 22.5. The van der Waals surface area contributed by atoms with Gasteiger partial charge in [0.15, 0.2) is 0 Å². The Hall–Kier alpha value is -3.29. The van der Waals surface area contributed by atoms with Crippen molar-refractivity contribution in [2.75, 3.05) is 5.75 Å². The van der Waals surface area contributed by atoms with E-state index in [1.54, 1.807) is 0 Å². The van der Waals surface area contributed by atoms with Crippen LogP contribution in [0.25, 0.3) is 0 Å². The van der Waals surface area contributed by atoms with Crippen LogP contribution in [0.15, 0.2) is 91.0 Å². The predicted molar refractivity (Wildman–Crippen MR) is 149 cm³/mol. The van der Waals surface area contributed by atoms with Crippen LogP contribution < -0.4 is 0 Å². The summed E-state index contributed by atoms with van der Waals surface area (Å²) in [4.78, 5) is 28.7. The standard InChI is InChI=1S/C31H34N2O4S/c34-28(37-22-26-16-8-3-9-17-26)18-10-11-19-31(36)29-27(23-38-31)32(20-24-12-4-1-5-13-24)30(35)33(29)21-25-14-6-2-7-15-25/h1-9,12-17,27,29,36H,10-11,18-23H2/t27-,29-,31?/m0/s1. The van der Waals surface area contributed by atoms with Crippen LogP contribution in [-0.4, -0.2) is 49.7 Å². The summed E-state index contributed by atoms with van der Waals surface area (Å²) in [6, 6.07) is 29.2. The Morgan fingerprint density at radius 2 is 1.39 bits per heavy atom. The molecule has 0 saturated carbocycles. The Morgan fingerprint density at radius 3 is 2.00 bits per heavy atom. The van der Waals surface area contributed by atoms with Gasteiger partial charge >= 0.3 is 12.0 Å². The number of hydrogen-bond acceptors (Lipinski definition) is 5. The first kappa shape index (κ1) is 26.3. The van der Waals surface area contributed by atoms with Crippen molar-refractivity contribution in [1.82, 2.24) is 9.80 Å². The molecular formula is C31H34N2O4S. The number of benzene rings is 3. The summed E-state index contributed by atoms with van der Waals surface area (Å²) < 4.78 is 5.40. The first-order chi connectivity index (χ1) is 18.5. The molecule has 0 bridgehead atoms. The molecule has 0 spiro atoms. The zero-order chi connectivity index (χ0) is 26.4. The molecule has 38 heavy (non-hydrogen) atoms. The molecule has 2 heterocycles. The highest BCUT2D eigenvalue weighted by molar-refractivity contribution is 8.00. The maximum absolute atomic E-state index is 13.7. The molecule has 0 aromatic heterocycles. The summed E-state index contributed by atoms with van der Waals surface area (Å²) in [7, 11) is 0. The van der Waals surface area contributed by atoms with Gasteiger partial charge in [0.2, 0.25) is 0 Å². The molecule has 198 valence electrons. The maximum Gasteiger partial charge on any atom is 0.321 e. The highest BCUT2D eigenvalue weighted by Crippen LogP contribution is 2.48. The van der Waals surface area contributed by atoms with Gasteiger partial charge in [-0.15, -0.1) is 11.8 Å². The summed E-state index contributed by atoms with van der Waals surface area (Å²) in [5.41, 5.74) is 3.09. The van der Waals surface area contributed by atoms with Crippen LogP contribution in [0.5, 0.6) is 0 Å². The number of amides is 2. The summed E-state index contributed by atoms with van der Waals surface area (Å²) >= 11 is 1.54. The number of thioether (sulfide) groups is 1. The van der Waals surface area contributed by atoms with E-state index in [-0.39, 0.29) is 30.7 Å². The number of carbonyl (C=O) groups is 2. The molecular weight excluding hydrogens is 496 g/mol. The molecule has 2 aliphatic rings. The molecule has 1 unspecified atom stereocenters. The zero-order valence-corrected chi connectivity index (χ0v) is 22.3. The summed E-state index contributed by atoms with van der Waals surface area (Å²) in [6.45, 7) is 1.26. The average molecular weight is 531 g/mol. The number of carbonyl (C=O) groups excluding carboxylic acids is 2. The van der Waals surface area contributed by atoms with Crippen molar-refractivity contribution < 1.29 is 19.4 Å². The van der Waals surface area contributed by atoms with Gasteiger partial charge in [0.25, 0.3) is 0 Å². The van der Waals surface area contributed by atoms with E-state index in [4.69, 9.17) is 4.74 Å². The number of urea groups is 1. The summed E-state index contributed by atoms with van der Waals surface area (Å²) in [6.07, 6.45) is 2.14. The van der Waals surface area contributed by atoms with Gasteiger partial charge in [-0.3, -0.25) is 4.79 Å². The number of fused-ring (bicyclic) bond motifs is 1. The number of aliphatic hydroxyl groups is 1. The molecule has 3 aromatic carbocycles. The van der Waals surface area contributed by atoms with E-state index in [0.29, 0.717) is 44.5 Å². The van der Waals surface area contributed by atoms with E-state index in [1.807, 2.05) is 101 Å². The lowest BCUT2D eigenvalue weighted by molar-refractivity contribution is -0.145. The second-order valence-corrected chi connectivity index (χ2v) is 11.4. The van der Waals surface area contributed by atoms with Gasteiger partial charge in [0.1, 0.15) is 11.5 Å². The van der Waals surface area contributed by atoms with Crippen LogP contribution >= 0.6 is 11.8 Å². The van der Waals surface area contributed by atoms with Crippen molar-refractivity contribution in [1.29, 1.82) is 0 Å². The first-order valence-electron chi connectivity index (χ1n) is 13.2. The van der Waals surface area contributed by atoms with E-state index in [0.717, 1.165) is 16.7 Å². The van der Waals surface area contributed by atoms with E-state index < -0.39 is 4.93 Å². The molecule has 2 amide bonds. The Labute approximate surface area is 228 Å². The fourth-order valence-corrected chi connectivity index (χ4v) is 7.00. The third-order valence-corrected chi connectivity index (χ3v) is 8.81. The lowest BCUT2D eigenvalue weighted by Gasteiger charge is -2.34. The van der Waals surface area contributed by atoms with E-state index >= 15 is 0 Å². The largest absolute Gasteiger partial charge is 0.461 e. The topological polar surface area (TPSA) is 70.1 Å². The van der Waals surface area contributed by atoms with Gasteiger partial charge in [0, 0.05) is 25.3 Å². The number of rotatable bonds is 11. The molecule has 2 saturated heterocycles. The molecule has 5 rings (SSSR count). The second-order valence-electron chi connectivity index (χ2n) is 10.0. The first-order valence-corrected chi connectivity index (χ1v) is 14.2. The van der Waals surface area contributed by atoms with Gasteiger partial charge in [-0.1, -0.05) is 91.0 Å². The Bertz CT molecular complexity index is 1210. The van der Waals surface area contributed by atoms with Crippen molar-refractivity contribution in [2.24, 2.45) is 0 Å². The average Bonchev–Trinajstić information content (AvgIpc) is 3.42. The third kappa shape index (κ3) is 6.05. The van der Waals surface area contributed by atoms with Crippen molar-refractivity contribution in [3.8, 4) is 0 Å². The fourth-order valence-electron chi connectivity index (χ4n) is 5.43. The molecule has 1 N–H and O–H groups in total. The summed E-state index contributed by atoms with van der Waals surface area (Å²) in [5, 5.41) is 11.9. The number of nitrogens with zero attached hydrogens (tertiary/aromatic N) is 2. The lowest BCUT2D eigenvalue weighted by Crippen LogP contribution is -2.48. The minimum Gasteiger partial charge on any atom is -0.461 e. The molecule has 0 aliphatic carbocycles. The second kappa shape index (κ2) is 12.0. The van der Waals surface area contributed by atoms with Crippen LogP contribution in [0.1, 0.15) is 42.4 Å². The highest BCUT2D eigenvalue weighted by atomic mass is 32.2. The fraction of sp³-hybridized carbons (Fsp3) is 0.355. The lowest BCUT2D eigenvalue weighted by atomic mass is 9.97. The quantitative estimate of drug-likeness (QED) is 0.199. The Kier molecular flexibility index (Phi) is 8.35. The molecule has 3 atom stereocenters. The highest BCUT2D eigenvalue weighted by Gasteiger charge is 2.59. The van der Waals surface area contributed by atoms with Crippen LogP contribution in [0.2, 0.25) is 0 Å². The van der Waals surface area contributed by atoms with E-state index in [1.165, 1.54) is 11.8 Å². The Balaban J connectivity index is 1.22. The van der Waals surface area contributed by atoms with Gasteiger partial charge in [-0.2, -0.15) is 0 Å². The molecule has 6 nitrogen and oxygen atoms in total. The molecule has 2 aliphatic heterocycles. The molecule has 0 radical (unpaired) electrons. The zero-order valence-electron chi connectivity index (χ0n) is 21.4. The van der Waals surface area contributed by atoms with Crippen molar-refractivity contribution in [2.45, 2.75) is 62.4 Å². The van der Waals surface area contributed by atoms with Gasteiger partial charge in [-0.25, -0.2) is 4.79 Å². The smallest absolute Gasteiger partial charge is 0.321 e. The minimum absolute atomic E-state index is 0.0316.